The molecule has 4 heteroatoms. The summed E-state index contributed by atoms with van der Waals surface area (Å²) in [6.07, 6.45) is 0. The van der Waals surface area contributed by atoms with Gasteiger partial charge in [0.05, 0.1) is 0 Å². The third kappa shape index (κ3) is 8.90. The van der Waals surface area contributed by atoms with Gasteiger partial charge in [0, 0.05) is 17.1 Å². The summed E-state index contributed by atoms with van der Waals surface area (Å²) in [5, 5.41) is 0. The van der Waals surface area contributed by atoms with Crippen molar-refractivity contribution in [3.8, 4) is 0 Å². The molecule has 0 aliphatic rings. The van der Waals surface area contributed by atoms with E-state index in [9.17, 15) is 0 Å². The van der Waals surface area contributed by atoms with E-state index in [1.54, 1.807) is 0 Å². The van der Waals surface area contributed by atoms with Crippen LogP contribution in [0.25, 0.3) is 0 Å². The molecule has 0 aromatic carbocycles. The van der Waals surface area contributed by atoms with Gasteiger partial charge in [0.2, 0.25) is 0 Å². The summed E-state index contributed by atoms with van der Waals surface area (Å²) in [7, 11) is 0. The van der Waals surface area contributed by atoms with Gasteiger partial charge in [-0.05, 0) is 0 Å². The minimum absolute atomic E-state index is 0. The van der Waals surface area contributed by atoms with E-state index in [0.29, 0.717) is 0 Å². The van der Waals surface area contributed by atoms with Gasteiger partial charge >= 0.3 is 37.7 Å². The van der Waals surface area contributed by atoms with Crippen LogP contribution in [0.15, 0.2) is 0 Å². The Kier molecular flexibility index (Phi) is 167. The van der Waals surface area contributed by atoms with E-state index >= 15 is 0 Å². The molecule has 0 aliphatic carbocycles. The van der Waals surface area contributed by atoms with Crippen molar-refractivity contribution >= 4 is 47.6 Å². The van der Waals surface area contributed by atoms with Gasteiger partial charge < -0.3 is 6.15 Å². The van der Waals surface area contributed by atoms with Gasteiger partial charge in [0.15, 0.2) is 0 Å². The summed E-state index contributed by atoms with van der Waals surface area (Å²) < 4.78 is 0. The molecule has 0 spiro atoms. The van der Waals surface area contributed by atoms with E-state index in [-0.39, 0.29) is 70.9 Å². The Morgan fingerprint density at radius 2 is 1.00 bits per heavy atom. The van der Waals surface area contributed by atoms with Crippen LogP contribution in [-0.2, 0) is 17.1 Å². The van der Waals surface area contributed by atoms with Crippen molar-refractivity contribution in [3.63, 3.8) is 0 Å². The van der Waals surface area contributed by atoms with E-state index < -0.39 is 0 Å². The summed E-state index contributed by atoms with van der Waals surface area (Å²) in [5.41, 5.74) is 0. The van der Waals surface area contributed by atoms with Crippen LogP contribution in [0.4, 0.5) is 0 Å². The van der Waals surface area contributed by atoms with Crippen LogP contribution in [0.2, 0.25) is 0 Å². The quantitative estimate of drug-likeness (QED) is 0.366. The van der Waals surface area contributed by atoms with Crippen molar-refractivity contribution in [1.82, 2.24) is 6.15 Å². The Labute approximate surface area is 70.0 Å². The first-order valence-corrected chi connectivity index (χ1v) is 0. The van der Waals surface area contributed by atoms with E-state index in [1.165, 1.54) is 0 Å². The SMILES string of the molecule is N.P.[CaH2].[Cu]. The second-order valence-electron chi connectivity index (χ2n) is 0. The fraction of sp³-hybridized carbons (Fsp3) is 0. The molecule has 1 nitrogen and oxygen atoms in total. The van der Waals surface area contributed by atoms with Gasteiger partial charge in [0.25, 0.3) is 0 Å². The van der Waals surface area contributed by atoms with Crippen molar-refractivity contribution in [1.29, 1.82) is 0 Å². The zero-order chi connectivity index (χ0) is 0. The molecule has 0 amide bonds. The number of hydrogen-bond acceptors (Lipinski definition) is 1. The summed E-state index contributed by atoms with van der Waals surface area (Å²) in [5.74, 6) is 0. The molecule has 4 heavy (non-hydrogen) atoms. The summed E-state index contributed by atoms with van der Waals surface area (Å²) in [4.78, 5) is 0. The maximum Gasteiger partial charge on any atom is 0 e. The van der Waals surface area contributed by atoms with Crippen LogP contribution < -0.4 is 6.15 Å². The Hall–Kier alpha value is 2.17. The first-order chi connectivity index (χ1) is 0. The third-order valence-electron chi connectivity index (χ3n) is 0. The van der Waals surface area contributed by atoms with E-state index in [2.05, 4.69) is 0 Å². The Bertz CT molecular complexity index is 8.00. The Balaban J connectivity index is 0. The van der Waals surface area contributed by atoms with E-state index in [1.807, 2.05) is 0 Å². The predicted octanol–water partition coefficient (Wildman–Crippen LogP) is -0.699. The molecule has 0 aromatic rings. The molecule has 1 unspecified atom stereocenters. The molecule has 0 bridgehead atoms. The van der Waals surface area contributed by atoms with Gasteiger partial charge in [-0.2, -0.15) is 9.90 Å². The van der Waals surface area contributed by atoms with Gasteiger partial charge in [-0.15, -0.1) is 0 Å². The van der Waals surface area contributed by atoms with E-state index in [0.717, 1.165) is 0 Å². The molecule has 1 radical (unpaired) electrons. The normalized spacial score (nSPS) is 0. The molecular formula is H8CaCuNP. The van der Waals surface area contributed by atoms with Crippen LogP contribution in [0.5, 0.6) is 0 Å². The van der Waals surface area contributed by atoms with Crippen molar-refractivity contribution < 1.29 is 17.1 Å². The van der Waals surface area contributed by atoms with Crippen LogP contribution in [-0.4, -0.2) is 37.7 Å². The summed E-state index contributed by atoms with van der Waals surface area (Å²) in [6, 6.07) is 0. The molecule has 0 saturated carbocycles. The number of hydrogen-bond donors (Lipinski definition) is 1. The summed E-state index contributed by atoms with van der Waals surface area (Å²) in [6.45, 7) is 0. The van der Waals surface area contributed by atoms with Gasteiger partial charge in [-0.25, -0.2) is 0 Å². The van der Waals surface area contributed by atoms with Crippen LogP contribution in [0.1, 0.15) is 0 Å². The van der Waals surface area contributed by atoms with Crippen LogP contribution in [0.3, 0.4) is 0 Å². The van der Waals surface area contributed by atoms with Crippen LogP contribution in [0, 0.1) is 0 Å². The molecule has 0 fully saturated rings. The molecule has 0 aromatic heterocycles. The van der Waals surface area contributed by atoms with Crippen molar-refractivity contribution in [3.05, 3.63) is 0 Å². The zero-order valence-corrected chi connectivity index (χ0v) is 4.07. The minimum atomic E-state index is 0. The third-order valence-corrected chi connectivity index (χ3v) is 0. The molecule has 1 atom stereocenters. The smallest absolute Gasteiger partial charge is 0 e. The number of rotatable bonds is 0. The molecule has 0 aliphatic heterocycles. The molecular weight excluding hydrogens is 149 g/mol. The van der Waals surface area contributed by atoms with Gasteiger partial charge in [-0.1, -0.05) is 0 Å². The predicted molar refractivity (Wildman–Crippen MR) is 24.7 cm³/mol. The first kappa shape index (κ1) is 35.0. The molecule has 0 saturated heterocycles. The monoisotopic (exact) mass is 156 g/mol. The van der Waals surface area contributed by atoms with Crippen LogP contribution >= 0.6 is 9.90 Å². The fourth-order valence-corrected chi connectivity index (χ4v) is 0. The molecule has 3 N–H and O–H groups in total. The molecule has 0 heterocycles. The minimum Gasteiger partial charge on any atom is 0 e. The standard InChI is InChI=1S/Ca.Cu.H3N.H3P.2H/h;;2*1H3;;. The zero-order valence-electron chi connectivity index (χ0n) is 1.72. The largest absolute Gasteiger partial charge is 0 e. The van der Waals surface area contributed by atoms with Gasteiger partial charge in [0.1, 0.15) is 0 Å². The molecule has 31 valence electrons. The average Bonchev–Trinajstić information content (AvgIpc) is 0. The Morgan fingerprint density at radius 1 is 1.00 bits per heavy atom. The van der Waals surface area contributed by atoms with Crippen molar-refractivity contribution in [2.75, 3.05) is 0 Å². The summed E-state index contributed by atoms with van der Waals surface area (Å²) >= 11 is 0. The average molecular weight is 157 g/mol. The second kappa shape index (κ2) is 19.1. The maximum absolute atomic E-state index is 0. The van der Waals surface area contributed by atoms with Crippen molar-refractivity contribution in [2.24, 2.45) is 0 Å². The Morgan fingerprint density at radius 3 is 1.00 bits per heavy atom. The fourth-order valence-electron chi connectivity index (χ4n) is 0. The molecule has 0 rings (SSSR count). The van der Waals surface area contributed by atoms with Crippen molar-refractivity contribution in [2.45, 2.75) is 0 Å². The maximum atomic E-state index is 0. The first-order valence-electron chi connectivity index (χ1n) is 0. The van der Waals surface area contributed by atoms with Gasteiger partial charge in [-0.3, -0.25) is 0 Å². The van der Waals surface area contributed by atoms with E-state index in [4.69, 9.17) is 0 Å². The topological polar surface area (TPSA) is 35.0 Å². The second-order valence-corrected chi connectivity index (χ2v) is 0.